The molecule has 140 valence electrons. The molecule has 0 aliphatic heterocycles. The van der Waals surface area contributed by atoms with Gasteiger partial charge in [0.25, 0.3) is 5.91 Å². The normalized spacial score (nSPS) is 12.0. The minimum absolute atomic E-state index is 0.0206. The van der Waals surface area contributed by atoms with Crippen molar-refractivity contribution >= 4 is 5.91 Å². The molecule has 0 radical (unpaired) electrons. The average Bonchev–Trinajstić information content (AvgIpc) is 2.86. The Morgan fingerprint density at radius 1 is 0.963 bits per heavy atom. The lowest BCUT2D eigenvalue weighted by Crippen LogP contribution is -2.29. The van der Waals surface area contributed by atoms with Crippen LogP contribution in [0.5, 0.6) is 0 Å². The molecule has 0 fully saturated rings. The Balaban J connectivity index is 1.92. The number of hydrogen-bond acceptors (Lipinski definition) is 1. The van der Waals surface area contributed by atoms with Crippen molar-refractivity contribution < 1.29 is 4.79 Å². The Hall–Kier alpha value is -2.81. The predicted octanol–water partition coefficient (Wildman–Crippen LogP) is 5.26. The number of benzene rings is 2. The second-order valence-corrected chi connectivity index (χ2v) is 7.37. The molecule has 0 spiro atoms. The van der Waals surface area contributed by atoms with Crippen LogP contribution in [0, 0.1) is 27.7 Å². The van der Waals surface area contributed by atoms with Crippen molar-refractivity contribution in [2.75, 3.05) is 0 Å². The van der Waals surface area contributed by atoms with E-state index in [9.17, 15) is 4.79 Å². The van der Waals surface area contributed by atoms with Gasteiger partial charge in [0, 0.05) is 12.2 Å². The fourth-order valence-corrected chi connectivity index (χ4v) is 3.60. The van der Waals surface area contributed by atoms with E-state index in [1.54, 1.807) is 0 Å². The maximum Gasteiger partial charge on any atom is 0.268 e. The van der Waals surface area contributed by atoms with E-state index < -0.39 is 0 Å². The van der Waals surface area contributed by atoms with Gasteiger partial charge in [-0.15, -0.1) is 0 Å². The summed E-state index contributed by atoms with van der Waals surface area (Å²) >= 11 is 0. The third kappa shape index (κ3) is 3.97. The molecule has 3 nitrogen and oxygen atoms in total. The zero-order chi connectivity index (χ0) is 19.6. The van der Waals surface area contributed by atoms with Crippen molar-refractivity contribution in [2.24, 2.45) is 0 Å². The molecule has 0 unspecified atom stereocenters. The van der Waals surface area contributed by atoms with Gasteiger partial charge >= 0.3 is 0 Å². The Bertz CT molecular complexity index is 954. The minimum Gasteiger partial charge on any atom is -0.344 e. The van der Waals surface area contributed by atoms with Gasteiger partial charge in [-0.1, -0.05) is 60.2 Å². The number of rotatable bonds is 5. The number of hydrogen-bond donors (Lipinski definition) is 1. The Labute approximate surface area is 162 Å². The number of carbonyl (C=O) groups is 1. The standard InChI is InChI=1S/C24H28N2O/c1-16-10-9-11-21(14-16)15-26-20(5)17(2)18(3)23(26)24(27)25-19(4)22-12-7-6-8-13-22/h6-14,19H,15H2,1-5H3,(H,25,27)/t19-/m1/s1. The van der Waals surface area contributed by atoms with E-state index >= 15 is 0 Å². The van der Waals surface area contributed by atoms with Crippen molar-refractivity contribution in [2.45, 2.75) is 47.2 Å². The molecular weight excluding hydrogens is 332 g/mol. The van der Waals surface area contributed by atoms with Gasteiger partial charge in [-0.25, -0.2) is 0 Å². The molecular formula is C24H28N2O. The fraction of sp³-hybridized carbons (Fsp3) is 0.292. The van der Waals surface area contributed by atoms with E-state index in [0.29, 0.717) is 6.54 Å². The summed E-state index contributed by atoms with van der Waals surface area (Å²) in [4.78, 5) is 13.2. The van der Waals surface area contributed by atoms with E-state index in [1.165, 1.54) is 16.7 Å². The largest absolute Gasteiger partial charge is 0.344 e. The van der Waals surface area contributed by atoms with Gasteiger partial charge in [-0.05, 0) is 56.9 Å². The van der Waals surface area contributed by atoms with Gasteiger partial charge in [-0.2, -0.15) is 0 Å². The maximum atomic E-state index is 13.2. The third-order valence-electron chi connectivity index (χ3n) is 5.42. The minimum atomic E-state index is -0.0407. The van der Waals surface area contributed by atoms with Crippen LogP contribution < -0.4 is 5.32 Å². The second-order valence-electron chi connectivity index (χ2n) is 7.37. The van der Waals surface area contributed by atoms with Crippen molar-refractivity contribution in [1.82, 2.24) is 9.88 Å². The molecule has 1 N–H and O–H groups in total. The van der Waals surface area contributed by atoms with Crippen LogP contribution in [0.25, 0.3) is 0 Å². The summed E-state index contributed by atoms with van der Waals surface area (Å²) in [6.45, 7) is 11.0. The predicted molar refractivity (Wildman–Crippen MR) is 111 cm³/mol. The summed E-state index contributed by atoms with van der Waals surface area (Å²) in [5.41, 5.74) is 7.68. The smallest absolute Gasteiger partial charge is 0.268 e. The first kappa shape index (κ1) is 19.0. The molecule has 27 heavy (non-hydrogen) atoms. The monoisotopic (exact) mass is 360 g/mol. The maximum absolute atomic E-state index is 13.2. The molecule has 3 heteroatoms. The number of carbonyl (C=O) groups excluding carboxylic acids is 1. The molecule has 1 amide bonds. The van der Waals surface area contributed by atoms with Crippen LogP contribution in [0.2, 0.25) is 0 Å². The van der Waals surface area contributed by atoms with Crippen molar-refractivity contribution in [3.05, 3.63) is 93.8 Å². The van der Waals surface area contributed by atoms with Crippen molar-refractivity contribution in [3.63, 3.8) is 0 Å². The highest BCUT2D eigenvalue weighted by atomic mass is 16.2. The van der Waals surface area contributed by atoms with E-state index in [0.717, 1.165) is 22.5 Å². The molecule has 0 saturated heterocycles. The number of nitrogens with zero attached hydrogens (tertiary/aromatic N) is 1. The average molecular weight is 361 g/mol. The Morgan fingerprint density at radius 2 is 1.67 bits per heavy atom. The van der Waals surface area contributed by atoms with Crippen LogP contribution in [0.3, 0.4) is 0 Å². The molecule has 3 rings (SSSR count). The zero-order valence-corrected chi connectivity index (χ0v) is 16.8. The summed E-state index contributed by atoms with van der Waals surface area (Å²) in [6, 6.07) is 18.5. The SMILES string of the molecule is Cc1cccc(Cn2c(C)c(C)c(C)c2C(=O)N[C@H](C)c2ccccc2)c1. The second kappa shape index (κ2) is 7.83. The van der Waals surface area contributed by atoms with E-state index in [-0.39, 0.29) is 11.9 Å². The highest BCUT2D eigenvalue weighted by Crippen LogP contribution is 2.24. The lowest BCUT2D eigenvalue weighted by Gasteiger charge is -2.17. The molecule has 3 aromatic rings. The summed E-state index contributed by atoms with van der Waals surface area (Å²) < 4.78 is 2.15. The number of amides is 1. The molecule has 0 aliphatic rings. The molecule has 1 atom stereocenters. The number of aryl methyl sites for hydroxylation is 1. The summed E-state index contributed by atoms with van der Waals surface area (Å²) in [5, 5.41) is 3.17. The van der Waals surface area contributed by atoms with Crippen molar-refractivity contribution in [3.8, 4) is 0 Å². The molecule has 0 saturated carbocycles. The van der Waals surface area contributed by atoms with Gasteiger partial charge < -0.3 is 9.88 Å². The van der Waals surface area contributed by atoms with Gasteiger partial charge in [0.15, 0.2) is 0 Å². The highest BCUT2D eigenvalue weighted by molar-refractivity contribution is 5.95. The summed E-state index contributed by atoms with van der Waals surface area (Å²) in [7, 11) is 0. The Morgan fingerprint density at radius 3 is 2.33 bits per heavy atom. The van der Waals surface area contributed by atoms with Crippen LogP contribution in [0.15, 0.2) is 54.6 Å². The summed E-state index contributed by atoms with van der Waals surface area (Å²) in [5.74, 6) is -0.0206. The van der Waals surface area contributed by atoms with Crippen LogP contribution in [-0.4, -0.2) is 10.5 Å². The lowest BCUT2D eigenvalue weighted by molar-refractivity contribution is 0.0930. The molecule has 2 aromatic carbocycles. The molecule has 1 heterocycles. The first-order valence-corrected chi connectivity index (χ1v) is 9.46. The molecule has 0 aliphatic carbocycles. The van der Waals surface area contributed by atoms with E-state index in [1.807, 2.05) is 44.2 Å². The third-order valence-corrected chi connectivity index (χ3v) is 5.42. The van der Waals surface area contributed by atoms with Gasteiger partial charge in [0.1, 0.15) is 5.69 Å². The van der Waals surface area contributed by atoms with Crippen LogP contribution in [0.1, 0.15) is 57.0 Å². The molecule has 0 bridgehead atoms. The van der Waals surface area contributed by atoms with E-state index in [4.69, 9.17) is 0 Å². The van der Waals surface area contributed by atoms with Crippen molar-refractivity contribution in [1.29, 1.82) is 0 Å². The van der Waals surface area contributed by atoms with Gasteiger partial charge in [-0.3, -0.25) is 4.79 Å². The first-order chi connectivity index (χ1) is 12.9. The fourth-order valence-electron chi connectivity index (χ4n) is 3.60. The highest BCUT2D eigenvalue weighted by Gasteiger charge is 2.22. The topological polar surface area (TPSA) is 34.0 Å². The lowest BCUT2D eigenvalue weighted by atomic mass is 10.1. The van der Waals surface area contributed by atoms with E-state index in [2.05, 4.69) is 54.9 Å². The zero-order valence-electron chi connectivity index (χ0n) is 16.8. The number of aromatic nitrogens is 1. The van der Waals surface area contributed by atoms with Crippen LogP contribution >= 0.6 is 0 Å². The van der Waals surface area contributed by atoms with Crippen LogP contribution in [-0.2, 0) is 6.54 Å². The Kier molecular flexibility index (Phi) is 5.50. The summed E-state index contributed by atoms with van der Waals surface area (Å²) in [6.07, 6.45) is 0. The van der Waals surface area contributed by atoms with Crippen LogP contribution in [0.4, 0.5) is 0 Å². The molecule has 1 aromatic heterocycles. The quantitative estimate of drug-likeness (QED) is 0.661. The number of nitrogens with one attached hydrogen (secondary N) is 1. The first-order valence-electron chi connectivity index (χ1n) is 9.46. The van der Waals surface area contributed by atoms with Gasteiger partial charge in [0.2, 0.25) is 0 Å². The van der Waals surface area contributed by atoms with Gasteiger partial charge in [0.05, 0.1) is 6.04 Å².